The third-order valence-electron chi connectivity index (χ3n) is 1.55. The fourth-order valence-electron chi connectivity index (χ4n) is 0.941. The Hall–Kier alpha value is -0.780. The Labute approximate surface area is 91.4 Å². The summed E-state index contributed by atoms with van der Waals surface area (Å²) >= 11 is 0. The maximum atomic E-state index is 3.74. The molecule has 0 N–H and O–H groups in total. The van der Waals surface area contributed by atoms with Gasteiger partial charge < -0.3 is 0 Å². The summed E-state index contributed by atoms with van der Waals surface area (Å²) < 4.78 is 0. The van der Waals surface area contributed by atoms with Crippen LogP contribution in [0, 0.1) is 0 Å². The molecule has 0 heteroatoms. The number of hydrogen-bond donors (Lipinski definition) is 0. The van der Waals surface area contributed by atoms with E-state index in [-0.39, 0.29) is 0 Å². The molecule has 0 aliphatic rings. The molecule has 0 aromatic heterocycles. The Bertz CT molecular complexity index is 159. The van der Waals surface area contributed by atoms with Gasteiger partial charge in [-0.3, -0.25) is 0 Å². The van der Waals surface area contributed by atoms with E-state index in [0.717, 1.165) is 6.42 Å². The molecule has 0 heterocycles. The summed E-state index contributed by atoms with van der Waals surface area (Å²) in [5, 5.41) is 0. The smallest absolute Gasteiger partial charge is 0.0305 e. The predicted octanol–water partition coefficient (Wildman–Crippen LogP) is 5.53. The van der Waals surface area contributed by atoms with Crippen molar-refractivity contribution in [2.75, 3.05) is 0 Å². The normalized spacial score (nSPS) is 10.5. The van der Waals surface area contributed by atoms with Gasteiger partial charge in [0.05, 0.1) is 0 Å². The SMILES string of the molecule is C=C/C(CC)=C(C)\C=C/C.CC.CC. The summed E-state index contributed by atoms with van der Waals surface area (Å²) in [5.74, 6) is 0. The molecule has 84 valence electrons. The van der Waals surface area contributed by atoms with Crippen molar-refractivity contribution in [3.8, 4) is 0 Å². The van der Waals surface area contributed by atoms with Crippen LogP contribution < -0.4 is 0 Å². The molecule has 0 spiro atoms. The molecule has 0 saturated carbocycles. The quantitative estimate of drug-likeness (QED) is 0.521. The predicted molar refractivity (Wildman–Crippen MR) is 70.7 cm³/mol. The Morgan fingerprint density at radius 3 is 1.79 bits per heavy atom. The average Bonchev–Trinajstić information content (AvgIpc) is 2.26. The lowest BCUT2D eigenvalue weighted by Crippen LogP contribution is -1.78. The highest BCUT2D eigenvalue weighted by Crippen LogP contribution is 2.09. The molecular formula is C14H28. The second-order valence-electron chi connectivity index (χ2n) is 2.27. The van der Waals surface area contributed by atoms with Crippen LogP contribution >= 0.6 is 0 Å². The van der Waals surface area contributed by atoms with Crippen molar-refractivity contribution in [1.82, 2.24) is 0 Å². The fourth-order valence-corrected chi connectivity index (χ4v) is 0.941. The first-order valence-electron chi connectivity index (χ1n) is 5.71. The zero-order valence-corrected chi connectivity index (χ0v) is 11.1. The minimum atomic E-state index is 1.07. The summed E-state index contributed by atoms with van der Waals surface area (Å²) in [5.41, 5.74) is 2.65. The van der Waals surface area contributed by atoms with Crippen LogP contribution in [-0.4, -0.2) is 0 Å². The Morgan fingerprint density at radius 1 is 1.14 bits per heavy atom. The van der Waals surface area contributed by atoms with Crippen LogP contribution in [-0.2, 0) is 0 Å². The van der Waals surface area contributed by atoms with Gasteiger partial charge in [0.2, 0.25) is 0 Å². The van der Waals surface area contributed by atoms with E-state index in [1.807, 2.05) is 40.7 Å². The van der Waals surface area contributed by atoms with Crippen LogP contribution in [0.3, 0.4) is 0 Å². The maximum Gasteiger partial charge on any atom is -0.0305 e. The Kier molecular flexibility index (Phi) is 24.4. The van der Waals surface area contributed by atoms with Gasteiger partial charge in [0.25, 0.3) is 0 Å². The second-order valence-corrected chi connectivity index (χ2v) is 2.27. The lowest BCUT2D eigenvalue weighted by molar-refractivity contribution is 1.12. The van der Waals surface area contributed by atoms with Gasteiger partial charge in [0, 0.05) is 0 Å². The molecule has 0 aromatic rings. The molecule has 0 aliphatic carbocycles. The summed E-state index contributed by atoms with van der Waals surface area (Å²) in [6.07, 6.45) is 7.16. The molecule has 0 amide bonds. The summed E-state index contributed by atoms with van der Waals surface area (Å²) in [6, 6.07) is 0. The van der Waals surface area contributed by atoms with E-state index in [0.29, 0.717) is 0 Å². The molecule has 0 aliphatic heterocycles. The molecular weight excluding hydrogens is 168 g/mol. The first-order chi connectivity index (χ1) is 6.76. The number of allylic oxidation sites excluding steroid dienone is 5. The molecule has 0 saturated heterocycles. The molecule has 14 heavy (non-hydrogen) atoms. The van der Waals surface area contributed by atoms with Crippen molar-refractivity contribution in [3.63, 3.8) is 0 Å². The first kappa shape index (κ1) is 18.9. The monoisotopic (exact) mass is 196 g/mol. The van der Waals surface area contributed by atoms with Gasteiger partial charge in [0.1, 0.15) is 0 Å². The largest absolute Gasteiger partial charge is 0.0988 e. The lowest BCUT2D eigenvalue weighted by Gasteiger charge is -1.98. The van der Waals surface area contributed by atoms with Gasteiger partial charge in [-0.1, -0.05) is 59.4 Å². The molecule has 0 atom stereocenters. The van der Waals surface area contributed by atoms with Crippen molar-refractivity contribution >= 4 is 0 Å². The van der Waals surface area contributed by atoms with Crippen molar-refractivity contribution in [2.24, 2.45) is 0 Å². The second kappa shape index (κ2) is 18.1. The molecule has 0 rings (SSSR count). The summed E-state index contributed by atoms with van der Waals surface area (Å²) in [7, 11) is 0. The van der Waals surface area contributed by atoms with Gasteiger partial charge in [-0.2, -0.15) is 0 Å². The highest BCUT2D eigenvalue weighted by molar-refractivity contribution is 5.29. The summed E-state index contributed by atoms with van der Waals surface area (Å²) in [6.45, 7) is 18.0. The van der Waals surface area contributed by atoms with E-state index in [1.165, 1.54) is 11.1 Å². The minimum Gasteiger partial charge on any atom is -0.0988 e. The average molecular weight is 196 g/mol. The molecule has 0 radical (unpaired) electrons. The van der Waals surface area contributed by atoms with Crippen LogP contribution in [0.4, 0.5) is 0 Å². The number of rotatable bonds is 3. The van der Waals surface area contributed by atoms with E-state index in [1.54, 1.807) is 0 Å². The first-order valence-corrected chi connectivity index (χ1v) is 5.71. The Balaban J connectivity index is -0.000000266. The van der Waals surface area contributed by atoms with Gasteiger partial charge in [-0.15, -0.1) is 0 Å². The summed E-state index contributed by atoms with van der Waals surface area (Å²) in [4.78, 5) is 0. The van der Waals surface area contributed by atoms with Gasteiger partial charge in [-0.05, 0) is 31.4 Å². The highest BCUT2D eigenvalue weighted by atomic mass is 14.0. The number of hydrogen-bond acceptors (Lipinski definition) is 0. The van der Waals surface area contributed by atoms with E-state index in [9.17, 15) is 0 Å². The van der Waals surface area contributed by atoms with E-state index < -0.39 is 0 Å². The molecule has 0 aromatic carbocycles. The van der Waals surface area contributed by atoms with E-state index in [2.05, 4.69) is 32.6 Å². The van der Waals surface area contributed by atoms with Gasteiger partial charge in [0.15, 0.2) is 0 Å². The Morgan fingerprint density at radius 2 is 1.57 bits per heavy atom. The zero-order valence-electron chi connectivity index (χ0n) is 11.1. The van der Waals surface area contributed by atoms with E-state index >= 15 is 0 Å². The van der Waals surface area contributed by atoms with Crippen LogP contribution in [0.25, 0.3) is 0 Å². The van der Waals surface area contributed by atoms with Crippen molar-refractivity contribution < 1.29 is 0 Å². The fraction of sp³-hybridized carbons (Fsp3) is 0.571. The van der Waals surface area contributed by atoms with Gasteiger partial charge in [-0.25, -0.2) is 0 Å². The van der Waals surface area contributed by atoms with Crippen molar-refractivity contribution in [1.29, 1.82) is 0 Å². The lowest BCUT2D eigenvalue weighted by atomic mass is 10.1. The van der Waals surface area contributed by atoms with Crippen molar-refractivity contribution in [3.05, 3.63) is 36.0 Å². The van der Waals surface area contributed by atoms with Crippen molar-refractivity contribution in [2.45, 2.75) is 54.9 Å². The van der Waals surface area contributed by atoms with Crippen LogP contribution in [0.1, 0.15) is 54.9 Å². The van der Waals surface area contributed by atoms with Crippen LogP contribution in [0.15, 0.2) is 36.0 Å². The molecule has 0 unspecified atom stereocenters. The zero-order chi connectivity index (χ0) is 12.0. The molecule has 0 bridgehead atoms. The molecule has 0 nitrogen and oxygen atoms in total. The van der Waals surface area contributed by atoms with Gasteiger partial charge >= 0.3 is 0 Å². The third-order valence-corrected chi connectivity index (χ3v) is 1.55. The van der Waals surface area contributed by atoms with Crippen LogP contribution in [0.5, 0.6) is 0 Å². The standard InChI is InChI=1S/C10H16.2C2H6/c1-5-8-9(4)10(6-2)7-3;2*1-2/h5-6,8H,2,7H2,1,3-4H3;2*1-2H3/b8-5-,10-9+;;. The maximum absolute atomic E-state index is 3.74. The molecule has 0 fully saturated rings. The third kappa shape index (κ3) is 11.2. The van der Waals surface area contributed by atoms with Crippen LogP contribution in [0.2, 0.25) is 0 Å². The van der Waals surface area contributed by atoms with E-state index in [4.69, 9.17) is 0 Å². The minimum absolute atomic E-state index is 1.07. The topological polar surface area (TPSA) is 0 Å². The highest BCUT2D eigenvalue weighted by Gasteiger charge is 1.89.